The van der Waals surface area contributed by atoms with Crippen molar-refractivity contribution in [2.75, 3.05) is 26.3 Å². The molecule has 0 aromatic heterocycles. The monoisotopic (exact) mass is 660 g/mol. The molecule has 4 aliphatic rings. The van der Waals surface area contributed by atoms with Crippen LogP contribution in [0, 0.1) is 23.2 Å². The van der Waals surface area contributed by atoms with Crippen molar-refractivity contribution in [3.63, 3.8) is 0 Å². The molecule has 1 saturated heterocycles. The Hall–Kier alpha value is -0.246. The van der Waals surface area contributed by atoms with Gasteiger partial charge < -0.3 is 13.6 Å². The van der Waals surface area contributed by atoms with E-state index >= 15 is 0 Å². The second-order valence-electron chi connectivity index (χ2n) is 19.6. The van der Waals surface area contributed by atoms with Gasteiger partial charge in [-0.2, -0.15) is 0 Å². The molecule has 4 fully saturated rings. The number of hydrogen-bond acceptors (Lipinski definition) is 4. The van der Waals surface area contributed by atoms with Crippen LogP contribution >= 0.6 is 0 Å². The van der Waals surface area contributed by atoms with Gasteiger partial charge >= 0.3 is 0 Å². The molecule has 3 saturated carbocycles. The molecule has 0 aromatic rings. The molecule has 6 atom stereocenters. The van der Waals surface area contributed by atoms with Gasteiger partial charge in [-0.25, -0.2) is 0 Å². The standard InChI is InChI=1S/C39H73NO3Si2/c1-29(27-40-22-23-41-28-38(40,8)9)34-19-20-35-31(16-15-21-39(34,35)10)18-17-30-24-32(42-44(11,12)36(2,3)4)26-33(25-30)43-45(13,14)37(5,6)7/h17-18,29,32-35H,15-16,19-28H2,1-14H3/b31-18+/t29-,32-,33-,34-,35+,39-/m1/s1. The Labute approximate surface area is 281 Å². The molecule has 3 aliphatic carbocycles. The van der Waals surface area contributed by atoms with Gasteiger partial charge in [-0.05, 0) is 125 Å². The number of rotatable bonds is 8. The molecule has 1 heterocycles. The van der Waals surface area contributed by atoms with E-state index in [0.29, 0.717) is 5.41 Å². The van der Waals surface area contributed by atoms with Crippen LogP contribution in [0.4, 0.5) is 0 Å². The number of allylic oxidation sites excluding steroid dienone is 3. The van der Waals surface area contributed by atoms with E-state index in [1.54, 1.807) is 11.1 Å². The molecular weight excluding hydrogens is 587 g/mol. The number of hydrogen-bond donors (Lipinski definition) is 0. The molecule has 6 heteroatoms. The van der Waals surface area contributed by atoms with Crippen molar-refractivity contribution in [1.82, 2.24) is 4.90 Å². The summed E-state index contributed by atoms with van der Waals surface area (Å²) in [5, 5.41) is 0.429. The lowest BCUT2D eigenvalue weighted by Gasteiger charge is -2.48. The molecular formula is C39H73NO3Si2. The molecule has 4 rings (SSSR count). The predicted octanol–water partition coefficient (Wildman–Crippen LogP) is 10.8. The SMILES string of the molecule is C[C@H](CN1CCOCC1(C)C)[C@H]1CC[C@H]2/C(=C/C=C3C[C@@H](O[Si](C)(C)C(C)(C)C)C[C@H](O[Si](C)(C)C(C)(C)C)C3)CCC[C@]12C. The number of fused-ring (bicyclic) bond motifs is 1. The second-order valence-corrected chi connectivity index (χ2v) is 29.1. The largest absolute Gasteiger partial charge is 0.414 e. The average molecular weight is 660 g/mol. The van der Waals surface area contributed by atoms with Gasteiger partial charge in [0.2, 0.25) is 0 Å². The Morgan fingerprint density at radius 1 is 0.911 bits per heavy atom. The van der Waals surface area contributed by atoms with Crippen molar-refractivity contribution >= 4 is 16.6 Å². The maximum Gasteiger partial charge on any atom is 0.192 e. The van der Waals surface area contributed by atoms with Crippen molar-refractivity contribution in [1.29, 1.82) is 0 Å². The first-order valence-electron chi connectivity index (χ1n) is 18.6. The van der Waals surface area contributed by atoms with E-state index in [0.717, 1.165) is 56.8 Å². The van der Waals surface area contributed by atoms with Crippen molar-refractivity contribution in [2.24, 2.45) is 23.2 Å². The summed E-state index contributed by atoms with van der Waals surface area (Å²) in [4.78, 5) is 2.72. The molecule has 0 unspecified atom stereocenters. The fraction of sp³-hybridized carbons (Fsp3) is 0.897. The molecule has 260 valence electrons. The van der Waals surface area contributed by atoms with E-state index in [1.807, 2.05) is 0 Å². The average Bonchev–Trinajstić information content (AvgIpc) is 3.24. The Kier molecular flexibility index (Phi) is 11.3. The lowest BCUT2D eigenvalue weighted by molar-refractivity contribution is -0.0638. The van der Waals surface area contributed by atoms with Gasteiger partial charge in [0, 0.05) is 18.6 Å². The van der Waals surface area contributed by atoms with Crippen LogP contribution in [0.3, 0.4) is 0 Å². The highest BCUT2D eigenvalue weighted by Gasteiger charge is 2.51. The third-order valence-electron chi connectivity index (χ3n) is 13.6. The lowest BCUT2D eigenvalue weighted by Crippen LogP contribution is -2.55. The minimum Gasteiger partial charge on any atom is -0.414 e. The summed E-state index contributed by atoms with van der Waals surface area (Å²) in [7, 11) is -3.74. The number of nitrogens with zero attached hydrogens (tertiary/aromatic N) is 1. The molecule has 0 bridgehead atoms. The Bertz CT molecular complexity index is 1040. The summed E-state index contributed by atoms with van der Waals surface area (Å²) in [5.41, 5.74) is 3.85. The van der Waals surface area contributed by atoms with Crippen LogP contribution in [0.2, 0.25) is 36.3 Å². The highest BCUT2D eigenvalue weighted by Crippen LogP contribution is 2.59. The molecule has 4 nitrogen and oxygen atoms in total. The molecule has 0 aromatic carbocycles. The van der Waals surface area contributed by atoms with Gasteiger partial charge in [0.15, 0.2) is 16.6 Å². The normalized spacial score (nSPS) is 33.7. The van der Waals surface area contributed by atoms with E-state index in [1.165, 1.54) is 38.6 Å². The molecule has 0 spiro atoms. The fourth-order valence-electron chi connectivity index (χ4n) is 8.77. The Morgan fingerprint density at radius 2 is 1.49 bits per heavy atom. The first kappa shape index (κ1) is 37.6. The highest BCUT2D eigenvalue weighted by atomic mass is 28.4. The first-order chi connectivity index (χ1) is 20.6. The smallest absolute Gasteiger partial charge is 0.192 e. The van der Waals surface area contributed by atoms with Crippen molar-refractivity contribution in [3.8, 4) is 0 Å². The zero-order chi connectivity index (χ0) is 33.6. The quantitative estimate of drug-likeness (QED) is 0.243. The van der Waals surface area contributed by atoms with Crippen LogP contribution in [0.1, 0.15) is 121 Å². The van der Waals surface area contributed by atoms with E-state index in [9.17, 15) is 0 Å². The minimum absolute atomic E-state index is 0.146. The highest BCUT2D eigenvalue weighted by molar-refractivity contribution is 6.74. The van der Waals surface area contributed by atoms with E-state index in [-0.39, 0.29) is 27.8 Å². The van der Waals surface area contributed by atoms with Gasteiger partial charge in [-0.15, -0.1) is 0 Å². The first-order valence-corrected chi connectivity index (χ1v) is 24.4. The van der Waals surface area contributed by atoms with Gasteiger partial charge in [0.05, 0.1) is 25.4 Å². The summed E-state index contributed by atoms with van der Waals surface area (Å²) in [6, 6.07) is 0. The van der Waals surface area contributed by atoms with E-state index in [4.69, 9.17) is 13.6 Å². The predicted molar refractivity (Wildman–Crippen MR) is 198 cm³/mol. The summed E-state index contributed by atoms with van der Waals surface area (Å²) in [6.07, 6.45) is 15.5. The van der Waals surface area contributed by atoms with Crippen molar-refractivity contribution in [3.05, 3.63) is 23.3 Å². The van der Waals surface area contributed by atoms with Crippen LogP contribution < -0.4 is 0 Å². The van der Waals surface area contributed by atoms with Gasteiger partial charge in [0.1, 0.15) is 0 Å². The van der Waals surface area contributed by atoms with Gasteiger partial charge in [-0.3, -0.25) is 4.90 Å². The third kappa shape index (κ3) is 8.50. The Morgan fingerprint density at radius 3 is 2.02 bits per heavy atom. The van der Waals surface area contributed by atoms with E-state index in [2.05, 4.69) is 112 Å². The van der Waals surface area contributed by atoms with Gasteiger partial charge in [-0.1, -0.05) is 78.7 Å². The summed E-state index contributed by atoms with van der Waals surface area (Å²) in [5.74, 6) is 2.25. The molecule has 1 aliphatic heterocycles. The zero-order valence-electron chi connectivity index (χ0n) is 32.2. The lowest BCUT2D eigenvalue weighted by atomic mass is 9.61. The van der Waals surface area contributed by atoms with E-state index < -0.39 is 16.6 Å². The number of ether oxygens (including phenoxy) is 1. The Balaban J connectivity index is 1.53. The zero-order valence-corrected chi connectivity index (χ0v) is 34.2. The van der Waals surface area contributed by atoms with Crippen LogP contribution in [0.15, 0.2) is 23.3 Å². The molecule has 0 N–H and O–H groups in total. The summed E-state index contributed by atoms with van der Waals surface area (Å²) in [6.45, 7) is 37.8. The molecule has 45 heavy (non-hydrogen) atoms. The van der Waals surface area contributed by atoms with Crippen LogP contribution in [0.25, 0.3) is 0 Å². The molecule has 0 radical (unpaired) electrons. The second kappa shape index (κ2) is 13.6. The van der Waals surface area contributed by atoms with Crippen molar-refractivity contribution < 1.29 is 13.6 Å². The maximum atomic E-state index is 7.10. The maximum absolute atomic E-state index is 7.10. The topological polar surface area (TPSA) is 30.9 Å². The van der Waals surface area contributed by atoms with Crippen LogP contribution in [-0.2, 0) is 13.6 Å². The van der Waals surface area contributed by atoms with Crippen LogP contribution in [0.5, 0.6) is 0 Å². The molecule has 0 amide bonds. The number of morpholine rings is 1. The third-order valence-corrected chi connectivity index (χ3v) is 22.7. The van der Waals surface area contributed by atoms with Gasteiger partial charge in [0.25, 0.3) is 0 Å². The minimum atomic E-state index is -1.87. The summed E-state index contributed by atoms with van der Waals surface area (Å²) < 4.78 is 20.0. The fourth-order valence-corrected chi connectivity index (χ4v) is 11.5. The van der Waals surface area contributed by atoms with Crippen LogP contribution in [-0.4, -0.2) is 65.6 Å². The summed E-state index contributed by atoms with van der Waals surface area (Å²) >= 11 is 0. The van der Waals surface area contributed by atoms with Crippen molar-refractivity contribution in [2.45, 2.75) is 175 Å².